The normalized spacial score (nSPS) is 16.3. The molecule has 1 aromatic carbocycles. The van der Waals surface area contributed by atoms with Crippen LogP contribution in [0.5, 0.6) is 0 Å². The predicted octanol–water partition coefficient (Wildman–Crippen LogP) is 4.68. The zero-order valence-electron chi connectivity index (χ0n) is 19.8. The summed E-state index contributed by atoms with van der Waals surface area (Å²) < 4.78 is 35.2. The minimum Gasteiger partial charge on any atom is -0.444 e. The van der Waals surface area contributed by atoms with Gasteiger partial charge in [0.25, 0.3) is 0 Å². The van der Waals surface area contributed by atoms with Crippen LogP contribution in [0.2, 0.25) is 0 Å². The molecule has 0 spiro atoms. The van der Waals surface area contributed by atoms with E-state index in [2.05, 4.69) is 25.4 Å². The van der Waals surface area contributed by atoms with Crippen LogP contribution in [0, 0.1) is 12.7 Å². The molecule has 9 nitrogen and oxygen atoms in total. The van der Waals surface area contributed by atoms with E-state index < -0.39 is 23.7 Å². The van der Waals surface area contributed by atoms with Crippen molar-refractivity contribution in [2.45, 2.75) is 45.9 Å². The Morgan fingerprint density at radius 1 is 1.23 bits per heavy atom. The number of para-hydroxylation sites is 1. The molecule has 1 aliphatic heterocycles. The standard InChI is InChI=1S/C24H25F2N7O2/c1-13-20(30-21-15(26)6-5-7-16(21)27-13)18-12-33-22(28-18)17(29-23(34)35-24(2,3)4)10-19(31-33)32-9-8-14(25)11-32/h5-7,10,12,14H,8-9,11H2,1-4H3,(H,29,34)/t14-/m1/s1. The van der Waals surface area contributed by atoms with Gasteiger partial charge in [-0.15, -0.1) is 5.10 Å². The van der Waals surface area contributed by atoms with Gasteiger partial charge in [-0.25, -0.2) is 33.0 Å². The predicted molar refractivity (Wildman–Crippen MR) is 128 cm³/mol. The van der Waals surface area contributed by atoms with E-state index in [4.69, 9.17) is 4.74 Å². The fourth-order valence-corrected chi connectivity index (χ4v) is 4.04. The Hall–Kier alpha value is -3.89. The molecule has 182 valence electrons. The van der Waals surface area contributed by atoms with Crippen LogP contribution in [0.25, 0.3) is 28.1 Å². The molecule has 1 N–H and O–H groups in total. The maximum atomic E-state index is 14.4. The molecule has 3 aromatic heterocycles. The van der Waals surface area contributed by atoms with E-state index in [1.54, 1.807) is 57.0 Å². The first-order valence-corrected chi connectivity index (χ1v) is 11.3. The third-order valence-corrected chi connectivity index (χ3v) is 5.57. The first-order chi connectivity index (χ1) is 16.6. The number of imidazole rings is 1. The fourth-order valence-electron chi connectivity index (χ4n) is 4.04. The molecule has 0 aliphatic carbocycles. The molecule has 0 saturated carbocycles. The number of benzene rings is 1. The first kappa shape index (κ1) is 22.9. The topological polar surface area (TPSA) is 97.5 Å². The number of hydrogen-bond acceptors (Lipinski definition) is 7. The lowest BCUT2D eigenvalue weighted by molar-refractivity contribution is 0.0636. The number of hydrogen-bond donors (Lipinski definition) is 1. The van der Waals surface area contributed by atoms with E-state index in [1.807, 2.05) is 0 Å². The lowest BCUT2D eigenvalue weighted by Gasteiger charge is -2.21. The largest absolute Gasteiger partial charge is 0.444 e. The molecule has 1 atom stereocenters. The van der Waals surface area contributed by atoms with Crippen molar-refractivity contribution in [1.29, 1.82) is 0 Å². The monoisotopic (exact) mass is 481 g/mol. The lowest BCUT2D eigenvalue weighted by atomic mass is 10.2. The zero-order valence-corrected chi connectivity index (χ0v) is 19.8. The van der Waals surface area contributed by atoms with Gasteiger partial charge in [-0.1, -0.05) is 6.07 Å². The number of aryl methyl sites for hydroxylation is 1. The van der Waals surface area contributed by atoms with Crippen molar-refractivity contribution in [2.75, 3.05) is 23.3 Å². The smallest absolute Gasteiger partial charge is 0.412 e. The van der Waals surface area contributed by atoms with Crippen LogP contribution in [-0.2, 0) is 4.74 Å². The van der Waals surface area contributed by atoms with Crippen molar-refractivity contribution in [3.63, 3.8) is 0 Å². The number of carbonyl (C=O) groups is 1. The number of nitrogens with zero attached hydrogens (tertiary/aromatic N) is 6. The molecule has 4 heterocycles. The van der Waals surface area contributed by atoms with Crippen LogP contribution in [0.1, 0.15) is 32.9 Å². The highest BCUT2D eigenvalue weighted by Crippen LogP contribution is 2.29. The molecule has 0 unspecified atom stereocenters. The number of ether oxygens (including phenoxy) is 1. The number of anilines is 2. The minimum atomic E-state index is -0.946. The number of fused-ring (bicyclic) bond motifs is 2. The molecular formula is C24H25F2N7O2. The van der Waals surface area contributed by atoms with Crippen molar-refractivity contribution in [1.82, 2.24) is 24.6 Å². The summed E-state index contributed by atoms with van der Waals surface area (Å²) in [5.41, 5.74) is 1.91. The number of amides is 1. The van der Waals surface area contributed by atoms with Crippen LogP contribution in [0.3, 0.4) is 0 Å². The number of halogens is 2. The van der Waals surface area contributed by atoms with Gasteiger partial charge in [-0.3, -0.25) is 5.32 Å². The van der Waals surface area contributed by atoms with Gasteiger partial charge in [0.1, 0.15) is 28.7 Å². The quantitative estimate of drug-likeness (QED) is 0.454. The third kappa shape index (κ3) is 4.58. The number of carbonyl (C=O) groups excluding carboxylic acids is 1. The number of alkyl halides is 1. The van der Waals surface area contributed by atoms with Crippen molar-refractivity contribution in [2.24, 2.45) is 0 Å². The van der Waals surface area contributed by atoms with Crippen LogP contribution < -0.4 is 10.2 Å². The van der Waals surface area contributed by atoms with Gasteiger partial charge in [0.15, 0.2) is 17.3 Å². The summed E-state index contributed by atoms with van der Waals surface area (Å²) in [5.74, 6) is 0.00235. The highest BCUT2D eigenvalue weighted by molar-refractivity contribution is 5.91. The molecule has 1 aliphatic rings. The summed E-state index contributed by atoms with van der Waals surface area (Å²) in [6.07, 6.45) is 0.431. The van der Waals surface area contributed by atoms with E-state index in [-0.39, 0.29) is 12.1 Å². The Kier molecular flexibility index (Phi) is 5.49. The van der Waals surface area contributed by atoms with E-state index in [9.17, 15) is 13.6 Å². The van der Waals surface area contributed by atoms with Gasteiger partial charge in [0, 0.05) is 12.6 Å². The fraction of sp³-hybridized carbons (Fsp3) is 0.375. The molecule has 5 rings (SSSR count). The average molecular weight is 482 g/mol. The van der Waals surface area contributed by atoms with Crippen LogP contribution in [0.15, 0.2) is 30.5 Å². The van der Waals surface area contributed by atoms with Gasteiger partial charge in [0.2, 0.25) is 0 Å². The van der Waals surface area contributed by atoms with Gasteiger partial charge >= 0.3 is 6.09 Å². The molecule has 35 heavy (non-hydrogen) atoms. The van der Waals surface area contributed by atoms with Gasteiger partial charge < -0.3 is 9.64 Å². The second-order valence-electron chi connectivity index (χ2n) is 9.53. The Bertz CT molecular complexity index is 1450. The molecule has 4 aromatic rings. The second kappa shape index (κ2) is 8.40. The van der Waals surface area contributed by atoms with Crippen molar-refractivity contribution in [3.8, 4) is 11.4 Å². The summed E-state index contributed by atoms with van der Waals surface area (Å²) in [5, 5.41) is 7.32. The second-order valence-corrected chi connectivity index (χ2v) is 9.53. The molecular weight excluding hydrogens is 456 g/mol. The van der Waals surface area contributed by atoms with Crippen LogP contribution in [0.4, 0.5) is 25.1 Å². The molecule has 1 amide bonds. The van der Waals surface area contributed by atoms with Gasteiger partial charge in [-0.05, 0) is 46.2 Å². The highest BCUT2D eigenvalue weighted by Gasteiger charge is 2.26. The molecule has 1 fully saturated rings. The Morgan fingerprint density at radius 3 is 2.74 bits per heavy atom. The summed E-state index contributed by atoms with van der Waals surface area (Å²) in [6.45, 7) is 7.77. The van der Waals surface area contributed by atoms with Crippen LogP contribution >= 0.6 is 0 Å². The Morgan fingerprint density at radius 2 is 2.03 bits per heavy atom. The number of nitrogens with one attached hydrogen (secondary N) is 1. The summed E-state index contributed by atoms with van der Waals surface area (Å²) in [6, 6.07) is 6.24. The van der Waals surface area contributed by atoms with Crippen molar-refractivity contribution >= 4 is 34.3 Å². The number of rotatable bonds is 3. The van der Waals surface area contributed by atoms with E-state index in [0.717, 1.165) is 0 Å². The van der Waals surface area contributed by atoms with Gasteiger partial charge in [0.05, 0.1) is 29.6 Å². The maximum absolute atomic E-state index is 14.4. The minimum absolute atomic E-state index is 0.136. The SMILES string of the molecule is Cc1nc2cccc(F)c2nc1-c1cn2nc(N3CC[C@@H](F)C3)cc(NC(=O)OC(C)(C)C)c2n1. The number of aromatic nitrogens is 5. The third-order valence-electron chi connectivity index (χ3n) is 5.57. The van der Waals surface area contributed by atoms with E-state index >= 15 is 0 Å². The molecule has 11 heteroatoms. The van der Waals surface area contributed by atoms with E-state index in [1.165, 1.54) is 10.6 Å². The zero-order chi connectivity index (χ0) is 24.9. The lowest BCUT2D eigenvalue weighted by Crippen LogP contribution is -2.28. The molecule has 1 saturated heterocycles. The van der Waals surface area contributed by atoms with Crippen molar-refractivity contribution < 1.29 is 18.3 Å². The van der Waals surface area contributed by atoms with Gasteiger partial charge in [-0.2, -0.15) is 0 Å². The maximum Gasteiger partial charge on any atom is 0.412 e. The molecule has 0 radical (unpaired) electrons. The Labute approximate surface area is 200 Å². The first-order valence-electron chi connectivity index (χ1n) is 11.3. The highest BCUT2D eigenvalue weighted by atomic mass is 19.1. The van der Waals surface area contributed by atoms with Crippen molar-refractivity contribution in [3.05, 3.63) is 42.0 Å². The Balaban J connectivity index is 1.62. The summed E-state index contributed by atoms with van der Waals surface area (Å²) in [4.78, 5) is 27.9. The van der Waals surface area contributed by atoms with E-state index in [0.29, 0.717) is 52.7 Å². The summed E-state index contributed by atoms with van der Waals surface area (Å²) in [7, 11) is 0. The molecule has 0 bridgehead atoms. The summed E-state index contributed by atoms with van der Waals surface area (Å²) >= 11 is 0. The van der Waals surface area contributed by atoms with Crippen LogP contribution in [-0.4, -0.2) is 55.5 Å². The average Bonchev–Trinajstić information content (AvgIpc) is 3.38.